The zero-order valence-electron chi connectivity index (χ0n) is 16.9. The fourth-order valence-electron chi connectivity index (χ4n) is 2.47. The molecule has 1 N–H and O–H groups in total. The second-order valence-electron chi connectivity index (χ2n) is 7.95. The van der Waals surface area contributed by atoms with Gasteiger partial charge in [-0.05, 0) is 51.2 Å². The van der Waals surface area contributed by atoms with Crippen molar-refractivity contribution in [3.63, 3.8) is 0 Å². The smallest absolute Gasteiger partial charge is 0.408 e. The highest BCUT2D eigenvalue weighted by Gasteiger charge is 2.25. The molecule has 0 bridgehead atoms. The maximum Gasteiger partial charge on any atom is 0.408 e. The van der Waals surface area contributed by atoms with Crippen LogP contribution in [-0.4, -0.2) is 21.9 Å². The Bertz CT molecular complexity index is 753. The van der Waals surface area contributed by atoms with Gasteiger partial charge >= 0.3 is 6.09 Å². The first-order chi connectivity index (χ1) is 12.6. The van der Waals surface area contributed by atoms with Crippen molar-refractivity contribution < 1.29 is 13.9 Å². The van der Waals surface area contributed by atoms with Gasteiger partial charge in [0.1, 0.15) is 11.6 Å². The lowest BCUT2D eigenvalue weighted by atomic mass is 10.0. The van der Waals surface area contributed by atoms with Crippen molar-refractivity contribution in [2.24, 2.45) is 5.92 Å². The topological polar surface area (TPSA) is 77.2 Å². The molecule has 0 aliphatic carbocycles. The second-order valence-corrected chi connectivity index (χ2v) is 8.88. The van der Waals surface area contributed by atoms with Crippen molar-refractivity contribution >= 4 is 17.9 Å². The number of benzene rings is 1. The van der Waals surface area contributed by atoms with E-state index in [2.05, 4.69) is 48.4 Å². The highest BCUT2D eigenvalue weighted by atomic mass is 32.2. The molecular weight excluding hydrogens is 362 g/mol. The number of alkyl carbamates (subject to hydrolysis) is 1. The van der Waals surface area contributed by atoms with Gasteiger partial charge in [-0.2, -0.15) is 0 Å². The number of thioether (sulfide) groups is 1. The van der Waals surface area contributed by atoms with Crippen LogP contribution in [0.1, 0.15) is 64.1 Å². The lowest BCUT2D eigenvalue weighted by molar-refractivity contribution is 0.0487. The molecule has 0 aliphatic heterocycles. The number of amides is 1. The maximum atomic E-state index is 12.2. The van der Waals surface area contributed by atoms with Crippen LogP contribution >= 0.6 is 11.8 Å². The summed E-state index contributed by atoms with van der Waals surface area (Å²) in [5.74, 6) is 1.50. The Morgan fingerprint density at radius 3 is 2.59 bits per heavy atom. The minimum absolute atomic E-state index is 0.347. The molecule has 2 aromatic rings. The zero-order valence-corrected chi connectivity index (χ0v) is 17.7. The molecule has 148 valence electrons. The van der Waals surface area contributed by atoms with Gasteiger partial charge in [0.2, 0.25) is 5.89 Å². The molecule has 0 saturated carbocycles. The Balaban J connectivity index is 2.04. The molecule has 0 radical (unpaired) electrons. The molecule has 1 heterocycles. The van der Waals surface area contributed by atoms with E-state index in [1.165, 1.54) is 22.9 Å². The Kier molecular flexibility index (Phi) is 7.30. The molecule has 6 nitrogen and oxygen atoms in total. The van der Waals surface area contributed by atoms with Crippen molar-refractivity contribution in [1.29, 1.82) is 0 Å². The van der Waals surface area contributed by atoms with Crippen LogP contribution < -0.4 is 5.32 Å². The number of nitrogens with one attached hydrogen (secondary N) is 1. The molecule has 7 heteroatoms. The fourth-order valence-corrected chi connectivity index (χ4v) is 3.32. The molecule has 0 saturated heterocycles. The second kappa shape index (κ2) is 9.26. The first kappa shape index (κ1) is 21.3. The van der Waals surface area contributed by atoms with E-state index in [0.717, 1.165) is 5.75 Å². The van der Waals surface area contributed by atoms with Gasteiger partial charge in [-0.3, -0.25) is 0 Å². The van der Waals surface area contributed by atoms with Gasteiger partial charge in [0.15, 0.2) is 0 Å². The number of carbonyl (C=O) groups is 1. The summed E-state index contributed by atoms with van der Waals surface area (Å²) < 4.78 is 11.2. The number of aromatic nitrogens is 2. The normalized spacial score (nSPS) is 12.9. The minimum Gasteiger partial charge on any atom is -0.444 e. The number of hydrogen-bond donors (Lipinski definition) is 1. The summed E-state index contributed by atoms with van der Waals surface area (Å²) >= 11 is 1.49. The van der Waals surface area contributed by atoms with Gasteiger partial charge in [0, 0.05) is 5.75 Å². The molecule has 1 atom stereocenters. The van der Waals surface area contributed by atoms with E-state index >= 15 is 0 Å². The van der Waals surface area contributed by atoms with Crippen LogP contribution in [0, 0.1) is 12.8 Å². The van der Waals surface area contributed by atoms with E-state index < -0.39 is 11.7 Å². The summed E-state index contributed by atoms with van der Waals surface area (Å²) in [6.45, 7) is 11.7. The zero-order chi connectivity index (χ0) is 20.0. The number of ether oxygens (including phenoxy) is 1. The molecule has 0 spiro atoms. The van der Waals surface area contributed by atoms with Crippen LogP contribution in [0.3, 0.4) is 0 Å². The van der Waals surface area contributed by atoms with Crippen molar-refractivity contribution in [2.75, 3.05) is 0 Å². The van der Waals surface area contributed by atoms with Gasteiger partial charge in [0.25, 0.3) is 5.22 Å². The number of carbonyl (C=O) groups excluding carboxylic acids is 1. The van der Waals surface area contributed by atoms with Crippen LogP contribution in [0.5, 0.6) is 0 Å². The Hall–Kier alpha value is -2.02. The molecule has 0 fully saturated rings. The van der Waals surface area contributed by atoms with Gasteiger partial charge < -0.3 is 14.5 Å². The highest BCUT2D eigenvalue weighted by Crippen LogP contribution is 2.27. The average molecular weight is 392 g/mol. The number of nitrogens with zero attached hydrogens (tertiary/aromatic N) is 2. The molecule has 1 aromatic heterocycles. The van der Waals surface area contributed by atoms with E-state index in [1.807, 2.05) is 32.9 Å². The number of aryl methyl sites for hydroxylation is 1. The van der Waals surface area contributed by atoms with E-state index in [4.69, 9.17) is 9.15 Å². The highest BCUT2D eigenvalue weighted by molar-refractivity contribution is 7.98. The predicted octanol–water partition coefficient (Wildman–Crippen LogP) is 5.28. The maximum absolute atomic E-state index is 12.2. The largest absolute Gasteiger partial charge is 0.444 e. The standard InChI is InChI=1S/C20H29N3O3S/c1-13(2)11-16(21-18(24)26-20(4,5)6)17-22-23-19(25-17)27-12-15-10-8-7-9-14(15)3/h7-10,13,16H,11-12H2,1-6H3,(H,21,24)/t16-/m0/s1. The van der Waals surface area contributed by atoms with Crippen LogP contribution in [0.15, 0.2) is 33.9 Å². The van der Waals surface area contributed by atoms with Crippen molar-refractivity contribution in [3.8, 4) is 0 Å². The third-order valence-electron chi connectivity index (χ3n) is 3.73. The third kappa shape index (κ3) is 7.25. The lowest BCUT2D eigenvalue weighted by Crippen LogP contribution is -2.35. The molecule has 2 rings (SSSR count). The monoisotopic (exact) mass is 391 g/mol. The van der Waals surface area contributed by atoms with Gasteiger partial charge in [-0.1, -0.05) is 49.9 Å². The minimum atomic E-state index is -0.560. The molecule has 0 unspecified atom stereocenters. The summed E-state index contributed by atoms with van der Waals surface area (Å²) in [6, 6.07) is 7.84. The molecule has 1 amide bonds. The van der Waals surface area contributed by atoms with Crippen LogP contribution in [0.25, 0.3) is 0 Å². The summed E-state index contributed by atoms with van der Waals surface area (Å²) in [7, 11) is 0. The quantitative estimate of drug-likeness (QED) is 0.647. The predicted molar refractivity (Wildman–Crippen MR) is 107 cm³/mol. The molecule has 1 aromatic carbocycles. The van der Waals surface area contributed by atoms with Crippen molar-refractivity contribution in [2.45, 2.75) is 70.6 Å². The van der Waals surface area contributed by atoms with Gasteiger partial charge in [0.05, 0.1) is 0 Å². The average Bonchev–Trinajstić information content (AvgIpc) is 3.00. The van der Waals surface area contributed by atoms with Crippen molar-refractivity contribution in [1.82, 2.24) is 15.5 Å². The summed E-state index contributed by atoms with van der Waals surface area (Å²) in [6.07, 6.45) is 0.198. The summed E-state index contributed by atoms with van der Waals surface area (Å²) in [4.78, 5) is 12.2. The lowest BCUT2D eigenvalue weighted by Gasteiger charge is -2.22. The third-order valence-corrected chi connectivity index (χ3v) is 4.60. The summed E-state index contributed by atoms with van der Waals surface area (Å²) in [5.41, 5.74) is 1.90. The Labute approximate surface area is 165 Å². The number of rotatable bonds is 7. The van der Waals surface area contributed by atoms with Crippen LogP contribution in [0.4, 0.5) is 4.79 Å². The van der Waals surface area contributed by atoms with E-state index in [9.17, 15) is 4.79 Å². The SMILES string of the molecule is Cc1ccccc1CSc1nnc([C@H](CC(C)C)NC(=O)OC(C)(C)C)o1. The fraction of sp³-hybridized carbons (Fsp3) is 0.550. The van der Waals surface area contributed by atoms with E-state index in [0.29, 0.717) is 23.5 Å². The van der Waals surface area contributed by atoms with Crippen LogP contribution in [-0.2, 0) is 10.5 Å². The van der Waals surface area contributed by atoms with Gasteiger partial charge in [-0.15, -0.1) is 10.2 Å². The van der Waals surface area contributed by atoms with Crippen molar-refractivity contribution in [3.05, 3.63) is 41.3 Å². The first-order valence-corrected chi connectivity index (χ1v) is 10.1. The van der Waals surface area contributed by atoms with E-state index in [1.54, 1.807) is 0 Å². The van der Waals surface area contributed by atoms with Gasteiger partial charge in [-0.25, -0.2) is 4.79 Å². The summed E-state index contributed by atoms with van der Waals surface area (Å²) in [5, 5.41) is 11.6. The Morgan fingerprint density at radius 2 is 1.96 bits per heavy atom. The molecular formula is C20H29N3O3S. The molecule has 0 aliphatic rings. The Morgan fingerprint density at radius 1 is 1.26 bits per heavy atom. The number of hydrogen-bond acceptors (Lipinski definition) is 6. The van der Waals surface area contributed by atoms with E-state index in [-0.39, 0.29) is 6.04 Å². The first-order valence-electron chi connectivity index (χ1n) is 9.14. The molecule has 27 heavy (non-hydrogen) atoms. The van der Waals surface area contributed by atoms with Crippen LogP contribution in [0.2, 0.25) is 0 Å².